The molecule has 0 unspecified atom stereocenters. The number of benzene rings is 3. The van der Waals surface area contributed by atoms with E-state index in [-0.39, 0.29) is 4.90 Å². The summed E-state index contributed by atoms with van der Waals surface area (Å²) in [4.78, 5) is 0.222. The number of rotatable bonds is 4. The summed E-state index contributed by atoms with van der Waals surface area (Å²) in [5, 5.41) is 3.11. The Morgan fingerprint density at radius 1 is 0.815 bits per heavy atom. The van der Waals surface area contributed by atoms with Gasteiger partial charge in [0, 0.05) is 23.2 Å². The number of para-hydroxylation sites is 1. The fourth-order valence-corrected chi connectivity index (χ4v) is 3.25. The van der Waals surface area contributed by atoms with E-state index >= 15 is 0 Å². The molecule has 3 rings (SSSR count). The summed E-state index contributed by atoms with van der Waals surface area (Å²) in [6, 6.07) is 18.5. The van der Waals surface area contributed by atoms with Gasteiger partial charge >= 0.3 is 6.18 Å². The second-order valence-corrected chi connectivity index (χ2v) is 8.06. The van der Waals surface area contributed by atoms with Crippen LogP contribution in [0.5, 0.6) is 0 Å². The molecule has 0 saturated heterocycles. The largest absolute Gasteiger partial charge is 0.416 e. The summed E-state index contributed by atoms with van der Waals surface area (Å²) in [5.41, 5.74) is 2.10. The average molecular weight is 391 g/mol. The van der Waals surface area contributed by atoms with Crippen LogP contribution in [0.25, 0.3) is 11.1 Å². The number of halogens is 3. The summed E-state index contributed by atoms with van der Waals surface area (Å²) in [7, 11) is -3.28. The van der Waals surface area contributed by atoms with E-state index < -0.39 is 21.6 Å². The van der Waals surface area contributed by atoms with E-state index in [4.69, 9.17) is 0 Å². The SMILES string of the molecule is CS(=O)(=O)c1ccc(-c2ccccc2Nc2ccc(C(F)(F)F)cc2)cc1. The number of sulfone groups is 1. The van der Waals surface area contributed by atoms with Crippen molar-refractivity contribution in [2.75, 3.05) is 11.6 Å². The van der Waals surface area contributed by atoms with Crippen LogP contribution in [0.1, 0.15) is 5.56 Å². The number of alkyl halides is 3. The molecular formula is C20H16F3NO2S. The number of hydrogen-bond donors (Lipinski definition) is 1. The molecular weight excluding hydrogens is 375 g/mol. The molecule has 0 aromatic heterocycles. The highest BCUT2D eigenvalue weighted by atomic mass is 32.2. The van der Waals surface area contributed by atoms with Gasteiger partial charge in [-0.1, -0.05) is 30.3 Å². The third-order valence-electron chi connectivity index (χ3n) is 4.01. The Kier molecular flexibility index (Phi) is 4.97. The van der Waals surface area contributed by atoms with Crippen LogP contribution < -0.4 is 5.32 Å². The highest BCUT2D eigenvalue weighted by Gasteiger charge is 2.29. The molecule has 0 radical (unpaired) electrons. The molecule has 3 nitrogen and oxygen atoms in total. The molecule has 1 N–H and O–H groups in total. The first-order chi connectivity index (χ1) is 12.6. The molecule has 27 heavy (non-hydrogen) atoms. The lowest BCUT2D eigenvalue weighted by Crippen LogP contribution is -2.04. The molecule has 0 amide bonds. The van der Waals surface area contributed by atoms with Crippen molar-refractivity contribution < 1.29 is 21.6 Å². The summed E-state index contributed by atoms with van der Waals surface area (Å²) in [6.45, 7) is 0. The molecule has 3 aromatic rings. The van der Waals surface area contributed by atoms with Crippen LogP contribution in [-0.2, 0) is 16.0 Å². The van der Waals surface area contributed by atoms with Crippen molar-refractivity contribution in [1.29, 1.82) is 0 Å². The van der Waals surface area contributed by atoms with Crippen LogP contribution in [0.4, 0.5) is 24.5 Å². The van der Waals surface area contributed by atoms with Crippen molar-refractivity contribution in [2.45, 2.75) is 11.1 Å². The quantitative estimate of drug-likeness (QED) is 0.637. The van der Waals surface area contributed by atoms with Crippen LogP contribution in [0.15, 0.2) is 77.7 Å². The maximum Gasteiger partial charge on any atom is 0.416 e. The Hall–Kier alpha value is -2.80. The van der Waals surface area contributed by atoms with Gasteiger partial charge in [-0.25, -0.2) is 8.42 Å². The molecule has 140 valence electrons. The van der Waals surface area contributed by atoms with E-state index in [2.05, 4.69) is 5.32 Å². The molecule has 0 aliphatic carbocycles. The van der Waals surface area contributed by atoms with E-state index in [9.17, 15) is 21.6 Å². The topological polar surface area (TPSA) is 46.2 Å². The third kappa shape index (κ3) is 4.49. The van der Waals surface area contributed by atoms with Crippen molar-refractivity contribution in [3.8, 4) is 11.1 Å². The van der Waals surface area contributed by atoms with Crippen LogP contribution >= 0.6 is 0 Å². The standard InChI is InChI=1S/C20H16F3NO2S/c1-27(25,26)17-12-6-14(7-13-17)18-4-2-3-5-19(18)24-16-10-8-15(9-11-16)20(21,22)23/h2-13,24H,1H3. The van der Waals surface area contributed by atoms with Crippen molar-refractivity contribution in [2.24, 2.45) is 0 Å². The van der Waals surface area contributed by atoms with Gasteiger partial charge in [0.15, 0.2) is 9.84 Å². The predicted molar refractivity (Wildman–Crippen MR) is 99.7 cm³/mol. The summed E-state index contributed by atoms with van der Waals surface area (Å²) in [5.74, 6) is 0. The maximum absolute atomic E-state index is 12.7. The van der Waals surface area contributed by atoms with Crippen molar-refractivity contribution in [3.05, 3.63) is 78.4 Å². The average Bonchev–Trinajstić information content (AvgIpc) is 2.61. The van der Waals surface area contributed by atoms with Gasteiger partial charge < -0.3 is 5.32 Å². The Balaban J connectivity index is 1.90. The zero-order chi connectivity index (χ0) is 19.7. The van der Waals surface area contributed by atoms with Gasteiger partial charge in [0.2, 0.25) is 0 Å². The van der Waals surface area contributed by atoms with Gasteiger partial charge in [0.05, 0.1) is 10.5 Å². The predicted octanol–water partition coefficient (Wildman–Crippen LogP) is 5.52. The van der Waals surface area contributed by atoms with Crippen LogP contribution in [0.2, 0.25) is 0 Å². The molecule has 0 saturated carbocycles. The number of anilines is 2. The Morgan fingerprint density at radius 2 is 1.41 bits per heavy atom. The highest BCUT2D eigenvalue weighted by molar-refractivity contribution is 7.90. The zero-order valence-electron chi connectivity index (χ0n) is 14.3. The van der Waals surface area contributed by atoms with E-state index in [0.717, 1.165) is 29.5 Å². The molecule has 3 aromatic carbocycles. The van der Waals surface area contributed by atoms with Crippen LogP contribution in [-0.4, -0.2) is 14.7 Å². The lowest BCUT2D eigenvalue weighted by molar-refractivity contribution is -0.137. The second-order valence-electron chi connectivity index (χ2n) is 6.04. The zero-order valence-corrected chi connectivity index (χ0v) is 15.1. The first-order valence-corrected chi connectivity index (χ1v) is 9.87. The molecule has 0 aliphatic heterocycles. The fraction of sp³-hybridized carbons (Fsp3) is 0.100. The summed E-state index contributed by atoms with van der Waals surface area (Å²) in [6.07, 6.45) is -3.24. The Labute approximate surface area is 155 Å². The second kappa shape index (κ2) is 7.08. The maximum atomic E-state index is 12.7. The van der Waals surface area contributed by atoms with E-state index in [1.54, 1.807) is 24.3 Å². The molecule has 0 spiro atoms. The van der Waals surface area contributed by atoms with E-state index in [0.29, 0.717) is 11.4 Å². The minimum Gasteiger partial charge on any atom is -0.355 e. The van der Waals surface area contributed by atoms with Crippen LogP contribution in [0, 0.1) is 0 Å². The lowest BCUT2D eigenvalue weighted by Gasteiger charge is -2.14. The Morgan fingerprint density at radius 3 is 1.96 bits per heavy atom. The van der Waals surface area contributed by atoms with E-state index in [1.165, 1.54) is 24.3 Å². The van der Waals surface area contributed by atoms with Gasteiger partial charge in [-0.15, -0.1) is 0 Å². The first kappa shape index (κ1) is 19.0. The van der Waals surface area contributed by atoms with Crippen LogP contribution in [0.3, 0.4) is 0 Å². The molecule has 0 atom stereocenters. The smallest absolute Gasteiger partial charge is 0.355 e. The minimum absolute atomic E-state index is 0.222. The van der Waals surface area contributed by atoms with Gasteiger partial charge in [-0.05, 0) is 48.0 Å². The monoisotopic (exact) mass is 391 g/mol. The van der Waals surface area contributed by atoms with Gasteiger partial charge in [-0.2, -0.15) is 13.2 Å². The summed E-state index contributed by atoms with van der Waals surface area (Å²) < 4.78 is 61.2. The van der Waals surface area contributed by atoms with Crippen molar-refractivity contribution in [1.82, 2.24) is 0 Å². The normalized spacial score (nSPS) is 12.0. The molecule has 0 heterocycles. The van der Waals surface area contributed by atoms with Gasteiger partial charge in [0.25, 0.3) is 0 Å². The molecule has 0 fully saturated rings. The highest BCUT2D eigenvalue weighted by Crippen LogP contribution is 2.33. The number of nitrogens with one attached hydrogen (secondary N) is 1. The molecule has 0 bridgehead atoms. The van der Waals surface area contributed by atoms with Crippen molar-refractivity contribution >= 4 is 21.2 Å². The number of hydrogen-bond acceptors (Lipinski definition) is 3. The van der Waals surface area contributed by atoms with Crippen molar-refractivity contribution in [3.63, 3.8) is 0 Å². The van der Waals surface area contributed by atoms with Gasteiger partial charge in [0.1, 0.15) is 0 Å². The van der Waals surface area contributed by atoms with Gasteiger partial charge in [-0.3, -0.25) is 0 Å². The lowest BCUT2D eigenvalue weighted by atomic mass is 10.0. The first-order valence-electron chi connectivity index (χ1n) is 7.98. The van der Waals surface area contributed by atoms with E-state index in [1.807, 2.05) is 12.1 Å². The minimum atomic E-state index is -4.38. The fourth-order valence-electron chi connectivity index (χ4n) is 2.62. The summed E-state index contributed by atoms with van der Waals surface area (Å²) >= 11 is 0. The molecule has 0 aliphatic rings. The molecule has 7 heteroatoms. The Bertz CT molecular complexity index is 1040. The third-order valence-corrected chi connectivity index (χ3v) is 5.14.